The number of alkyl halides is 1. The maximum atomic E-state index is 12.2. The molecular formula is C15H15BrClNO2. The molecule has 3 nitrogen and oxygen atoms in total. The maximum Gasteiger partial charge on any atom is 0.299 e. The molecule has 0 unspecified atom stereocenters. The van der Waals surface area contributed by atoms with Crippen molar-refractivity contribution < 1.29 is 9.59 Å². The quantitative estimate of drug-likeness (QED) is 0.610. The lowest BCUT2D eigenvalue weighted by Crippen LogP contribution is -2.40. The van der Waals surface area contributed by atoms with Gasteiger partial charge in [0.05, 0.1) is 11.3 Å². The van der Waals surface area contributed by atoms with Crippen molar-refractivity contribution in [2.24, 2.45) is 5.41 Å². The van der Waals surface area contributed by atoms with Crippen LogP contribution in [-0.4, -0.2) is 23.6 Å². The predicted octanol–water partition coefficient (Wildman–Crippen LogP) is 3.82. The van der Waals surface area contributed by atoms with Crippen LogP contribution in [0.2, 0.25) is 5.02 Å². The Morgan fingerprint density at radius 1 is 1.25 bits per heavy atom. The molecule has 1 fully saturated rings. The van der Waals surface area contributed by atoms with Gasteiger partial charge in [-0.25, -0.2) is 0 Å². The molecule has 1 aromatic carbocycles. The lowest BCUT2D eigenvalue weighted by atomic mass is 9.88. The van der Waals surface area contributed by atoms with Gasteiger partial charge in [-0.2, -0.15) is 0 Å². The number of Topliss-reactive ketones (excluding diaryl/α,β-unsaturated/α-hetero) is 1. The van der Waals surface area contributed by atoms with Crippen molar-refractivity contribution >= 4 is 44.9 Å². The van der Waals surface area contributed by atoms with E-state index in [0.717, 1.165) is 18.2 Å². The Bertz CT molecular complexity index is 581. The number of halogens is 2. The molecule has 1 heterocycles. The summed E-state index contributed by atoms with van der Waals surface area (Å²) in [4.78, 5) is 25.9. The number of rotatable bonds is 3. The molecule has 1 aliphatic carbocycles. The summed E-state index contributed by atoms with van der Waals surface area (Å²) in [7, 11) is 0. The fraction of sp³-hybridized carbons (Fsp3) is 0.467. The Labute approximate surface area is 131 Å². The third-order valence-electron chi connectivity index (χ3n) is 4.38. The van der Waals surface area contributed by atoms with E-state index in [1.165, 1.54) is 12.8 Å². The summed E-state index contributed by atoms with van der Waals surface area (Å²) in [5.41, 5.74) is 1.22. The average Bonchev–Trinajstić information content (AvgIpc) is 3.00. The molecule has 1 amide bonds. The minimum absolute atomic E-state index is 0.0832. The molecule has 0 N–H and O–H groups in total. The Hall–Kier alpha value is -0.870. The van der Waals surface area contributed by atoms with E-state index in [9.17, 15) is 9.59 Å². The molecule has 1 aliphatic heterocycles. The number of benzene rings is 1. The van der Waals surface area contributed by atoms with E-state index in [-0.39, 0.29) is 5.41 Å². The average molecular weight is 357 g/mol. The van der Waals surface area contributed by atoms with Gasteiger partial charge in [0, 0.05) is 16.9 Å². The second-order valence-electron chi connectivity index (χ2n) is 5.72. The highest BCUT2D eigenvalue weighted by molar-refractivity contribution is 9.09. The molecule has 2 aliphatic rings. The number of hydrogen-bond donors (Lipinski definition) is 0. The normalized spacial score (nSPS) is 20.6. The molecule has 0 radical (unpaired) electrons. The van der Waals surface area contributed by atoms with Crippen molar-refractivity contribution in [2.75, 3.05) is 16.8 Å². The Morgan fingerprint density at radius 2 is 1.95 bits per heavy atom. The number of ketones is 1. The van der Waals surface area contributed by atoms with Crippen molar-refractivity contribution in [1.29, 1.82) is 0 Å². The van der Waals surface area contributed by atoms with Gasteiger partial charge in [0.1, 0.15) is 0 Å². The third-order valence-corrected chi connectivity index (χ3v) is 5.80. The fourth-order valence-corrected chi connectivity index (χ4v) is 4.12. The summed E-state index contributed by atoms with van der Waals surface area (Å²) in [6.07, 6.45) is 4.55. The highest BCUT2D eigenvalue weighted by Crippen LogP contribution is 2.43. The fourth-order valence-electron chi connectivity index (χ4n) is 3.22. The number of hydrogen-bond acceptors (Lipinski definition) is 2. The minimum atomic E-state index is -0.422. The van der Waals surface area contributed by atoms with Crippen LogP contribution in [0, 0.1) is 5.41 Å². The summed E-state index contributed by atoms with van der Waals surface area (Å²) < 4.78 is 0. The minimum Gasteiger partial charge on any atom is -0.304 e. The molecule has 0 spiro atoms. The van der Waals surface area contributed by atoms with Gasteiger partial charge in [-0.05, 0) is 36.5 Å². The van der Waals surface area contributed by atoms with E-state index in [1.54, 1.807) is 23.1 Å². The van der Waals surface area contributed by atoms with Crippen LogP contribution >= 0.6 is 27.5 Å². The van der Waals surface area contributed by atoms with Crippen LogP contribution in [0.25, 0.3) is 0 Å². The first-order valence-electron chi connectivity index (χ1n) is 6.78. The Balaban J connectivity index is 1.96. The topological polar surface area (TPSA) is 37.4 Å². The van der Waals surface area contributed by atoms with Gasteiger partial charge in [0.15, 0.2) is 0 Å². The van der Waals surface area contributed by atoms with Crippen LogP contribution in [0.15, 0.2) is 18.2 Å². The van der Waals surface area contributed by atoms with Crippen molar-refractivity contribution in [3.63, 3.8) is 0 Å². The van der Waals surface area contributed by atoms with E-state index in [1.807, 2.05) is 0 Å². The molecule has 1 aromatic rings. The largest absolute Gasteiger partial charge is 0.304 e. The van der Waals surface area contributed by atoms with Crippen molar-refractivity contribution in [2.45, 2.75) is 25.7 Å². The second kappa shape index (κ2) is 5.15. The highest BCUT2D eigenvalue weighted by Gasteiger charge is 2.42. The first-order valence-corrected chi connectivity index (χ1v) is 8.28. The Morgan fingerprint density at radius 3 is 2.60 bits per heavy atom. The van der Waals surface area contributed by atoms with E-state index in [2.05, 4.69) is 15.9 Å². The van der Waals surface area contributed by atoms with E-state index in [0.29, 0.717) is 22.8 Å². The molecule has 0 aromatic heterocycles. The van der Waals surface area contributed by atoms with Crippen molar-refractivity contribution in [1.82, 2.24) is 0 Å². The van der Waals surface area contributed by atoms with Gasteiger partial charge in [-0.1, -0.05) is 40.4 Å². The number of carbonyl (C=O) groups excluding carboxylic acids is 2. The van der Waals surface area contributed by atoms with Gasteiger partial charge < -0.3 is 4.90 Å². The molecule has 20 heavy (non-hydrogen) atoms. The number of fused-ring (bicyclic) bond motifs is 1. The summed E-state index contributed by atoms with van der Waals surface area (Å²) in [6, 6.07) is 5.02. The van der Waals surface area contributed by atoms with Gasteiger partial charge in [-0.3, -0.25) is 9.59 Å². The summed E-state index contributed by atoms with van der Waals surface area (Å²) >= 11 is 9.59. The Kier molecular flexibility index (Phi) is 3.63. The van der Waals surface area contributed by atoms with E-state index < -0.39 is 11.7 Å². The standard InChI is InChI=1S/C15H15BrClNO2/c16-8-15(5-1-2-6-15)9-18-12-7-10(17)3-4-11(12)13(19)14(18)20/h3-4,7H,1-2,5-6,8-9H2. The van der Waals surface area contributed by atoms with Gasteiger partial charge >= 0.3 is 0 Å². The van der Waals surface area contributed by atoms with Crippen LogP contribution in [0.5, 0.6) is 0 Å². The van der Waals surface area contributed by atoms with Gasteiger partial charge in [-0.15, -0.1) is 0 Å². The SMILES string of the molecule is O=C1C(=O)N(CC2(CBr)CCCC2)c2cc(Cl)ccc21. The predicted molar refractivity (Wildman–Crippen MR) is 82.8 cm³/mol. The summed E-state index contributed by atoms with van der Waals surface area (Å²) in [6.45, 7) is 0.593. The molecule has 0 saturated heterocycles. The first kappa shape index (κ1) is 14.1. The zero-order valence-corrected chi connectivity index (χ0v) is 13.3. The molecule has 0 atom stereocenters. The van der Waals surface area contributed by atoms with Crippen LogP contribution < -0.4 is 4.90 Å². The smallest absolute Gasteiger partial charge is 0.299 e. The lowest BCUT2D eigenvalue weighted by molar-refractivity contribution is -0.114. The van der Waals surface area contributed by atoms with Crippen LogP contribution in [-0.2, 0) is 4.79 Å². The lowest BCUT2D eigenvalue weighted by Gasteiger charge is -2.31. The van der Waals surface area contributed by atoms with Crippen LogP contribution in [0.1, 0.15) is 36.0 Å². The van der Waals surface area contributed by atoms with Crippen LogP contribution in [0.3, 0.4) is 0 Å². The van der Waals surface area contributed by atoms with Crippen molar-refractivity contribution in [3.05, 3.63) is 28.8 Å². The summed E-state index contributed by atoms with van der Waals surface area (Å²) in [5, 5.41) is 1.41. The zero-order chi connectivity index (χ0) is 14.3. The third kappa shape index (κ3) is 2.19. The molecule has 106 valence electrons. The molecule has 3 rings (SSSR count). The van der Waals surface area contributed by atoms with E-state index >= 15 is 0 Å². The number of carbonyl (C=O) groups is 2. The molecule has 0 bridgehead atoms. The van der Waals surface area contributed by atoms with Gasteiger partial charge in [0.25, 0.3) is 11.7 Å². The highest BCUT2D eigenvalue weighted by atomic mass is 79.9. The molecule has 5 heteroatoms. The van der Waals surface area contributed by atoms with Crippen molar-refractivity contribution in [3.8, 4) is 0 Å². The molecular weight excluding hydrogens is 342 g/mol. The monoisotopic (exact) mass is 355 g/mol. The van der Waals surface area contributed by atoms with Gasteiger partial charge in [0.2, 0.25) is 0 Å². The van der Waals surface area contributed by atoms with Crippen LogP contribution in [0.4, 0.5) is 5.69 Å². The first-order chi connectivity index (χ1) is 9.56. The summed E-state index contributed by atoms with van der Waals surface area (Å²) in [5.74, 6) is -0.839. The second-order valence-corrected chi connectivity index (χ2v) is 6.72. The van der Waals surface area contributed by atoms with E-state index in [4.69, 9.17) is 11.6 Å². The number of nitrogens with zero attached hydrogens (tertiary/aromatic N) is 1. The number of anilines is 1. The number of amides is 1. The zero-order valence-electron chi connectivity index (χ0n) is 11.0. The molecule has 1 saturated carbocycles. The maximum absolute atomic E-state index is 12.2.